The topological polar surface area (TPSA) is 105 Å². The van der Waals surface area contributed by atoms with Gasteiger partial charge in [-0.05, 0) is 42.0 Å². The second kappa shape index (κ2) is 9.64. The number of carboxylic acid groups (broad SMARTS) is 1. The van der Waals surface area contributed by atoms with Crippen molar-refractivity contribution in [3.8, 4) is 11.1 Å². The average Bonchev–Trinajstić information content (AvgIpc) is 3.16. The molecule has 9 heteroatoms. The molecule has 0 saturated heterocycles. The van der Waals surface area contributed by atoms with Gasteiger partial charge in [0.15, 0.2) is 0 Å². The molecule has 4 rings (SSSR count). The average molecular weight is 487 g/mol. The Morgan fingerprint density at radius 2 is 1.66 bits per heavy atom. The van der Waals surface area contributed by atoms with Crippen molar-refractivity contribution in [3.05, 3.63) is 59.7 Å². The number of carboxylic acids is 1. The highest BCUT2D eigenvalue weighted by molar-refractivity contribution is 5.85. The first kappa shape index (κ1) is 24.6. The van der Waals surface area contributed by atoms with Crippen LogP contribution >= 0.6 is 0 Å². The molecule has 0 heterocycles. The van der Waals surface area contributed by atoms with Gasteiger partial charge in [0.25, 0.3) is 0 Å². The van der Waals surface area contributed by atoms with Gasteiger partial charge in [0.1, 0.15) is 6.61 Å². The molecule has 1 saturated carbocycles. The number of carbonyl (C=O) groups is 3. The Morgan fingerprint density at radius 1 is 1.06 bits per heavy atom. The molecule has 2 aromatic carbocycles. The van der Waals surface area contributed by atoms with Crippen LogP contribution in [0.25, 0.3) is 11.1 Å². The molecular formula is C26H28F2N2O5. The Kier molecular flexibility index (Phi) is 6.78. The maximum absolute atomic E-state index is 13.5. The van der Waals surface area contributed by atoms with E-state index in [1.807, 2.05) is 48.5 Å². The summed E-state index contributed by atoms with van der Waals surface area (Å²) in [4.78, 5) is 36.2. The van der Waals surface area contributed by atoms with Crippen molar-refractivity contribution in [2.75, 3.05) is 13.2 Å². The number of carbonyl (C=O) groups excluding carboxylic acids is 2. The lowest BCUT2D eigenvalue weighted by molar-refractivity contribution is -0.164. The number of halogens is 2. The first-order valence-corrected chi connectivity index (χ1v) is 11.6. The third kappa shape index (κ3) is 4.85. The molecule has 7 nitrogen and oxygen atoms in total. The van der Waals surface area contributed by atoms with E-state index in [1.54, 1.807) is 6.92 Å². The molecule has 2 atom stereocenters. The van der Waals surface area contributed by atoms with E-state index in [2.05, 4.69) is 10.6 Å². The highest BCUT2D eigenvalue weighted by Gasteiger charge is 2.46. The Balaban J connectivity index is 1.41. The largest absolute Gasteiger partial charge is 0.477 e. The predicted molar refractivity (Wildman–Crippen MR) is 124 cm³/mol. The molecule has 2 aromatic rings. The van der Waals surface area contributed by atoms with Crippen LogP contribution < -0.4 is 10.6 Å². The molecule has 0 bridgehead atoms. The lowest BCUT2D eigenvalue weighted by Gasteiger charge is -2.40. The molecule has 2 amide bonds. The number of alkyl halides is 2. The predicted octanol–water partition coefficient (Wildman–Crippen LogP) is 4.31. The maximum atomic E-state index is 13.5. The number of benzene rings is 2. The normalized spacial score (nSPS) is 21.5. The van der Waals surface area contributed by atoms with Gasteiger partial charge in [-0.15, -0.1) is 0 Å². The minimum atomic E-state index is -4.07. The third-order valence-corrected chi connectivity index (χ3v) is 7.15. The summed E-state index contributed by atoms with van der Waals surface area (Å²) >= 11 is 0. The van der Waals surface area contributed by atoms with Crippen molar-refractivity contribution in [3.63, 3.8) is 0 Å². The minimum Gasteiger partial charge on any atom is -0.477 e. The summed E-state index contributed by atoms with van der Waals surface area (Å²) in [6.07, 6.45) is 1.59. The van der Waals surface area contributed by atoms with E-state index >= 15 is 0 Å². The molecule has 35 heavy (non-hydrogen) atoms. The lowest BCUT2D eigenvalue weighted by atomic mass is 9.71. The van der Waals surface area contributed by atoms with Gasteiger partial charge in [-0.2, -0.15) is 8.78 Å². The minimum absolute atomic E-state index is 0.111. The molecule has 2 aliphatic carbocycles. The first-order valence-electron chi connectivity index (χ1n) is 11.6. The van der Waals surface area contributed by atoms with E-state index in [4.69, 9.17) is 9.84 Å². The molecular weight excluding hydrogens is 458 g/mol. The summed E-state index contributed by atoms with van der Waals surface area (Å²) in [5.74, 6) is -7.22. The van der Waals surface area contributed by atoms with Crippen LogP contribution in [0, 0.1) is 5.41 Å². The van der Waals surface area contributed by atoms with Gasteiger partial charge < -0.3 is 20.5 Å². The number of fused-ring (bicyclic) bond motifs is 3. The zero-order chi connectivity index (χ0) is 25.2. The number of ether oxygens (including phenoxy) is 1. The fraction of sp³-hybridized carbons (Fsp3) is 0.423. The maximum Gasteiger partial charge on any atom is 0.407 e. The quantitative estimate of drug-likeness (QED) is 0.541. The summed E-state index contributed by atoms with van der Waals surface area (Å²) in [5.41, 5.74) is 3.18. The van der Waals surface area contributed by atoms with E-state index in [-0.39, 0.29) is 12.5 Å². The first-order chi connectivity index (χ1) is 16.6. The summed E-state index contributed by atoms with van der Waals surface area (Å²) in [5, 5.41) is 13.4. The molecule has 0 spiro atoms. The zero-order valence-corrected chi connectivity index (χ0v) is 19.4. The highest BCUT2D eigenvalue weighted by Crippen LogP contribution is 2.44. The molecule has 1 fully saturated rings. The molecule has 3 N–H and O–H groups in total. The van der Waals surface area contributed by atoms with Gasteiger partial charge in [-0.25, -0.2) is 9.59 Å². The monoisotopic (exact) mass is 486 g/mol. The second-order valence-electron chi connectivity index (χ2n) is 9.38. The van der Waals surface area contributed by atoms with Crippen LogP contribution in [0.4, 0.5) is 13.6 Å². The number of hydrogen-bond acceptors (Lipinski definition) is 4. The van der Waals surface area contributed by atoms with Crippen LogP contribution in [0.15, 0.2) is 48.5 Å². The van der Waals surface area contributed by atoms with Crippen molar-refractivity contribution >= 4 is 18.0 Å². The van der Waals surface area contributed by atoms with E-state index in [9.17, 15) is 23.2 Å². The summed E-state index contributed by atoms with van der Waals surface area (Å²) in [6.45, 7) is 0.392. The van der Waals surface area contributed by atoms with Crippen molar-refractivity contribution in [2.45, 2.75) is 50.5 Å². The molecule has 2 unspecified atom stereocenters. The van der Waals surface area contributed by atoms with Gasteiger partial charge in [0, 0.05) is 12.0 Å². The van der Waals surface area contributed by atoms with Gasteiger partial charge in [0.05, 0.1) is 12.0 Å². The summed E-state index contributed by atoms with van der Waals surface area (Å²) in [7, 11) is 0. The number of nitrogens with one attached hydrogen (secondary N) is 2. The van der Waals surface area contributed by atoms with Crippen LogP contribution in [-0.2, 0) is 14.3 Å². The standard InChI is InChI=1S/C26H28F2N2O5/c1-25(22(31)29-15-26(27,28)23(32)33)13-7-6-12-21(25)30-24(34)35-14-20-18-10-4-2-8-16(18)17-9-3-5-11-19(17)20/h2-5,8-11,20-21H,6-7,12-15H2,1H3,(H,29,31)(H,30,34)(H,32,33). The van der Waals surface area contributed by atoms with Gasteiger partial charge in [-0.1, -0.05) is 61.4 Å². The number of hydrogen-bond donors (Lipinski definition) is 3. The van der Waals surface area contributed by atoms with Crippen LogP contribution in [0.2, 0.25) is 0 Å². The van der Waals surface area contributed by atoms with Crippen LogP contribution in [0.3, 0.4) is 0 Å². The molecule has 0 aliphatic heterocycles. The Bertz CT molecular complexity index is 1090. The Hall–Kier alpha value is -3.49. The van der Waals surface area contributed by atoms with Gasteiger partial charge >= 0.3 is 18.0 Å². The molecule has 0 radical (unpaired) electrons. The summed E-state index contributed by atoms with van der Waals surface area (Å²) in [6, 6.07) is 15.3. The SMILES string of the molecule is CC1(C(=O)NCC(F)(F)C(=O)O)CCCCC1NC(=O)OCC1c2ccccc2-c2ccccc21. The second-order valence-corrected chi connectivity index (χ2v) is 9.38. The fourth-order valence-electron chi connectivity index (χ4n) is 5.09. The number of alkyl carbamates (subject to hydrolysis) is 1. The molecule has 2 aliphatic rings. The van der Waals surface area contributed by atoms with Crippen molar-refractivity contribution in [1.82, 2.24) is 10.6 Å². The van der Waals surface area contributed by atoms with Crippen molar-refractivity contribution in [1.29, 1.82) is 0 Å². The highest BCUT2D eigenvalue weighted by atomic mass is 19.3. The Labute approximate surface area is 201 Å². The molecule has 0 aromatic heterocycles. The van der Waals surface area contributed by atoms with E-state index in [0.29, 0.717) is 19.3 Å². The Morgan fingerprint density at radius 3 is 2.26 bits per heavy atom. The smallest absolute Gasteiger partial charge is 0.407 e. The zero-order valence-electron chi connectivity index (χ0n) is 19.4. The number of amides is 2. The third-order valence-electron chi connectivity index (χ3n) is 7.15. The van der Waals surface area contributed by atoms with Crippen LogP contribution in [0.5, 0.6) is 0 Å². The van der Waals surface area contributed by atoms with Crippen LogP contribution in [0.1, 0.15) is 49.7 Å². The summed E-state index contributed by atoms with van der Waals surface area (Å²) < 4.78 is 32.5. The van der Waals surface area contributed by atoms with Crippen molar-refractivity contribution < 1.29 is 33.0 Å². The van der Waals surface area contributed by atoms with E-state index < -0.39 is 41.9 Å². The lowest BCUT2D eigenvalue weighted by Crippen LogP contribution is -2.57. The van der Waals surface area contributed by atoms with Crippen molar-refractivity contribution in [2.24, 2.45) is 5.41 Å². The van der Waals surface area contributed by atoms with Gasteiger partial charge in [-0.3, -0.25) is 4.79 Å². The van der Waals surface area contributed by atoms with E-state index in [1.165, 1.54) is 0 Å². The molecule has 186 valence electrons. The number of aliphatic carboxylic acids is 1. The van der Waals surface area contributed by atoms with Crippen LogP contribution in [-0.4, -0.2) is 48.2 Å². The fourth-order valence-corrected chi connectivity index (χ4v) is 5.09. The number of rotatable bonds is 7. The van der Waals surface area contributed by atoms with E-state index in [0.717, 1.165) is 28.7 Å². The van der Waals surface area contributed by atoms with Gasteiger partial charge in [0.2, 0.25) is 5.91 Å².